The average Bonchev–Trinajstić information content (AvgIpc) is 3.31. The van der Waals surface area contributed by atoms with Gasteiger partial charge in [0.2, 0.25) is 0 Å². The van der Waals surface area contributed by atoms with E-state index in [2.05, 4.69) is 0 Å². The summed E-state index contributed by atoms with van der Waals surface area (Å²) in [6, 6.07) is 0. The molecule has 6 saturated heterocycles. The molecule has 0 aromatic carbocycles. The molecule has 0 aromatic heterocycles. The number of ether oxygens (including phenoxy) is 11. The Morgan fingerprint density at radius 3 is 1.01 bits per heavy atom. The third-order valence-electron chi connectivity index (χ3n) is 12.4. The van der Waals surface area contributed by atoms with Crippen LogP contribution in [0.4, 0.5) is 0 Å². The summed E-state index contributed by atoms with van der Waals surface area (Å²) in [7, 11) is 0. The summed E-state index contributed by atoms with van der Waals surface area (Å²) in [5.74, 6) is 0. The van der Waals surface area contributed by atoms with Crippen LogP contribution in [-0.4, -0.2) is 326 Å². The molecule has 0 spiro atoms. The zero-order chi connectivity index (χ0) is 49.3. The Balaban J connectivity index is 1.21. The third-order valence-corrected chi connectivity index (χ3v) is 12.4. The minimum atomic E-state index is -2.26. The van der Waals surface area contributed by atoms with Gasteiger partial charge in [-0.25, -0.2) is 0 Å². The van der Waals surface area contributed by atoms with Gasteiger partial charge < -0.3 is 154 Å². The van der Waals surface area contributed by atoms with E-state index in [1.807, 2.05) is 0 Å². The second-order valence-corrected chi connectivity index (χ2v) is 16.8. The molecule has 0 radical (unpaired) electrons. The average molecular weight is 991 g/mol. The molecule has 0 aliphatic carbocycles. The summed E-state index contributed by atoms with van der Waals surface area (Å²) >= 11 is 0. The van der Waals surface area contributed by atoms with Gasteiger partial charge in [0, 0.05) is 0 Å². The molecule has 31 heteroatoms. The third kappa shape index (κ3) is 11.5. The molecule has 6 aliphatic rings. The zero-order valence-electron chi connectivity index (χ0n) is 35.0. The molecule has 0 amide bonds. The largest absolute Gasteiger partial charge is 0.394 e. The van der Waals surface area contributed by atoms with Crippen molar-refractivity contribution in [2.45, 2.75) is 184 Å². The van der Waals surface area contributed by atoms with Gasteiger partial charge in [-0.2, -0.15) is 0 Å². The van der Waals surface area contributed by atoms with Gasteiger partial charge in [-0.1, -0.05) is 0 Å². The van der Waals surface area contributed by atoms with Crippen LogP contribution in [-0.2, 0) is 52.1 Å². The Kier molecular flexibility index (Phi) is 19.4. The molecule has 1 unspecified atom stereocenters. The second-order valence-electron chi connectivity index (χ2n) is 16.8. The number of hydrogen-bond donors (Lipinski definition) is 20. The zero-order valence-corrected chi connectivity index (χ0v) is 35.0. The van der Waals surface area contributed by atoms with Crippen LogP contribution in [0, 0.1) is 0 Å². The molecule has 0 aromatic rings. The van der Waals surface area contributed by atoms with Crippen molar-refractivity contribution >= 4 is 0 Å². The topological polar surface area (TPSA) is 506 Å². The monoisotopic (exact) mass is 990 g/mol. The molecule has 0 saturated carbocycles. The van der Waals surface area contributed by atoms with Gasteiger partial charge in [0.25, 0.3) is 0 Å². The molecule has 6 fully saturated rings. The molecular formula is C36H62O31. The smallest absolute Gasteiger partial charge is 0.187 e. The minimum Gasteiger partial charge on any atom is -0.394 e. The van der Waals surface area contributed by atoms with E-state index in [0.717, 1.165) is 0 Å². The molecule has 392 valence electrons. The van der Waals surface area contributed by atoms with Gasteiger partial charge in [0.15, 0.2) is 37.7 Å². The van der Waals surface area contributed by atoms with Gasteiger partial charge in [0.1, 0.15) is 146 Å². The summed E-state index contributed by atoms with van der Waals surface area (Å²) < 4.78 is 61.1. The van der Waals surface area contributed by atoms with Crippen LogP contribution >= 0.6 is 0 Å². The highest BCUT2D eigenvalue weighted by molar-refractivity contribution is 4.98. The fourth-order valence-electron chi connectivity index (χ4n) is 8.26. The first-order valence-corrected chi connectivity index (χ1v) is 21.1. The van der Waals surface area contributed by atoms with Gasteiger partial charge in [-0.3, -0.25) is 0 Å². The van der Waals surface area contributed by atoms with Crippen molar-refractivity contribution in [3.63, 3.8) is 0 Å². The van der Waals surface area contributed by atoms with Crippen molar-refractivity contribution in [3.05, 3.63) is 0 Å². The second kappa shape index (κ2) is 23.5. The van der Waals surface area contributed by atoms with Crippen molar-refractivity contribution in [2.75, 3.05) is 39.6 Å². The van der Waals surface area contributed by atoms with Crippen molar-refractivity contribution in [2.24, 2.45) is 0 Å². The maximum absolute atomic E-state index is 11.6. The Bertz CT molecular complexity index is 1500. The lowest BCUT2D eigenvalue weighted by Crippen LogP contribution is -2.67. The summed E-state index contributed by atoms with van der Waals surface area (Å²) in [6.07, 6.45) is -57.8. The lowest BCUT2D eigenvalue weighted by molar-refractivity contribution is -0.394. The molecular weight excluding hydrogens is 928 g/mol. The van der Waals surface area contributed by atoms with E-state index in [1.54, 1.807) is 0 Å². The van der Waals surface area contributed by atoms with Gasteiger partial charge in [-0.05, 0) is 0 Å². The molecule has 0 bridgehead atoms. The van der Waals surface area contributed by atoms with E-state index in [9.17, 15) is 102 Å². The summed E-state index contributed by atoms with van der Waals surface area (Å²) in [5, 5.41) is 210. The minimum absolute atomic E-state index is 0.842. The normalized spacial score (nSPS) is 53.4. The van der Waals surface area contributed by atoms with Crippen molar-refractivity contribution in [1.29, 1.82) is 0 Å². The molecule has 31 nitrogen and oxygen atoms in total. The fourth-order valence-corrected chi connectivity index (χ4v) is 8.26. The van der Waals surface area contributed by atoms with Gasteiger partial charge >= 0.3 is 0 Å². The molecule has 6 rings (SSSR count). The molecule has 6 aliphatic heterocycles. The first kappa shape index (κ1) is 55.1. The number of aliphatic hydroxyl groups excluding tert-OH is 20. The SMILES string of the molecule is OC[C@H]1O[C@H](OC[C@H]2O[C@H](O[C@H]3[C@H](O)[C@@H](CO[C@H]4O[C@H](CO)[C@@H](O)[C@H](O)[C@@H]4O[C@H]4O[C@H](CO)[C@@H](O)[C@H](O)[C@@H]4O)OC(O)[C@H]3O)[C@@H](O[C@H]3O[C@H](CO)[C@@H](O)[C@H](O)[C@@H]3O)[C@@H](O)[C@@H]2O)[C@@H](O)[C@@H](O)[C@@H]1O. The van der Waals surface area contributed by atoms with E-state index < -0.39 is 224 Å². The number of rotatable bonds is 16. The molecule has 6 heterocycles. The van der Waals surface area contributed by atoms with Crippen molar-refractivity contribution in [3.8, 4) is 0 Å². The summed E-state index contributed by atoms with van der Waals surface area (Å²) in [4.78, 5) is 0. The van der Waals surface area contributed by atoms with Crippen molar-refractivity contribution < 1.29 is 154 Å². The van der Waals surface area contributed by atoms with Crippen LogP contribution in [0.1, 0.15) is 0 Å². The Morgan fingerprint density at radius 1 is 0.254 bits per heavy atom. The van der Waals surface area contributed by atoms with Gasteiger partial charge in [0.05, 0.1) is 39.6 Å². The number of aliphatic hydroxyl groups is 20. The quantitative estimate of drug-likeness (QED) is 0.0683. The van der Waals surface area contributed by atoms with Crippen LogP contribution in [0.15, 0.2) is 0 Å². The van der Waals surface area contributed by atoms with E-state index in [-0.39, 0.29) is 0 Å². The predicted molar refractivity (Wildman–Crippen MR) is 199 cm³/mol. The highest BCUT2D eigenvalue weighted by Crippen LogP contribution is 2.35. The van der Waals surface area contributed by atoms with Crippen LogP contribution < -0.4 is 0 Å². The molecule has 30 atom stereocenters. The van der Waals surface area contributed by atoms with Crippen LogP contribution in [0.5, 0.6) is 0 Å². The molecule has 20 N–H and O–H groups in total. The Labute approximate surface area is 378 Å². The lowest BCUT2D eigenvalue weighted by Gasteiger charge is -2.49. The standard InChI is InChI=1S/C36H62O31/c37-1-7-13(41)19(47)24(52)32(60-7)57-5-11-17(45)23(51)30(67-34-26(54)21(49)15(43)9(3-39)62-34)36(64-11)65-28-18(46)12(59-31(56)27(28)55)6-58-35-29(22(50)16(44)10(4-40)63-35)66-33-25(53)20(48)14(42)8(2-38)61-33/h7-56H,1-6H2/t7-,8-,9-,10-,11-,12-,13-,14-,15-,16-,17-,18-,19+,20+,21+,22+,23+,24+,25+,26+,27+,28+,29+,30+,31?,32+,33-,34-,35+,36-/m1/s1. The Morgan fingerprint density at radius 2 is 0.567 bits per heavy atom. The van der Waals surface area contributed by atoms with Crippen LogP contribution in [0.3, 0.4) is 0 Å². The van der Waals surface area contributed by atoms with Crippen LogP contribution in [0.2, 0.25) is 0 Å². The Hall–Kier alpha value is -1.24. The van der Waals surface area contributed by atoms with E-state index in [4.69, 9.17) is 52.1 Å². The maximum atomic E-state index is 11.6. The highest BCUT2D eigenvalue weighted by atomic mass is 16.8. The summed E-state index contributed by atoms with van der Waals surface area (Å²) in [6.45, 7) is -5.35. The first-order valence-electron chi connectivity index (χ1n) is 21.1. The highest BCUT2D eigenvalue weighted by Gasteiger charge is 2.56. The first-order chi connectivity index (χ1) is 31.7. The number of hydrogen-bond acceptors (Lipinski definition) is 31. The van der Waals surface area contributed by atoms with Crippen LogP contribution in [0.25, 0.3) is 0 Å². The van der Waals surface area contributed by atoms with Gasteiger partial charge in [-0.15, -0.1) is 0 Å². The molecule has 67 heavy (non-hydrogen) atoms. The van der Waals surface area contributed by atoms with E-state index in [0.29, 0.717) is 0 Å². The van der Waals surface area contributed by atoms with E-state index in [1.165, 1.54) is 0 Å². The predicted octanol–water partition coefficient (Wildman–Crippen LogP) is -14.1. The fraction of sp³-hybridized carbons (Fsp3) is 1.00. The van der Waals surface area contributed by atoms with Crippen molar-refractivity contribution in [1.82, 2.24) is 0 Å². The van der Waals surface area contributed by atoms with E-state index >= 15 is 0 Å². The maximum Gasteiger partial charge on any atom is 0.187 e. The summed E-state index contributed by atoms with van der Waals surface area (Å²) in [5.41, 5.74) is 0. The lowest BCUT2D eigenvalue weighted by atomic mass is 9.96.